The van der Waals surface area contributed by atoms with Crippen LogP contribution in [0.1, 0.15) is 35.9 Å². The number of hydrogen-bond donors (Lipinski definition) is 0. The van der Waals surface area contributed by atoms with E-state index in [4.69, 9.17) is 4.74 Å². The fourth-order valence-corrected chi connectivity index (χ4v) is 2.79. The summed E-state index contributed by atoms with van der Waals surface area (Å²) in [6.45, 7) is 5.25. The van der Waals surface area contributed by atoms with Crippen molar-refractivity contribution >= 4 is 17.3 Å². The lowest BCUT2D eigenvalue weighted by molar-refractivity contribution is -0.120. The van der Waals surface area contributed by atoms with Gasteiger partial charge in [0.2, 0.25) is 0 Å². The zero-order valence-corrected chi connectivity index (χ0v) is 12.8. The number of ketones is 1. The molecule has 0 aliphatic carbocycles. The highest BCUT2D eigenvalue weighted by atomic mass is 16.5. The van der Waals surface area contributed by atoms with Crippen LogP contribution < -0.4 is 4.74 Å². The summed E-state index contributed by atoms with van der Waals surface area (Å²) in [7, 11) is 0. The van der Waals surface area contributed by atoms with Crippen LogP contribution in [-0.2, 0) is 4.79 Å². The first-order valence-corrected chi connectivity index (χ1v) is 7.53. The summed E-state index contributed by atoms with van der Waals surface area (Å²) in [6, 6.07) is 3.69. The molecule has 116 valence electrons. The van der Waals surface area contributed by atoms with Crippen LogP contribution in [0.25, 0.3) is 5.65 Å². The second kappa shape index (κ2) is 5.79. The van der Waals surface area contributed by atoms with Gasteiger partial charge in [0, 0.05) is 32.1 Å². The molecule has 0 aromatic carbocycles. The van der Waals surface area contributed by atoms with Gasteiger partial charge in [-0.05, 0) is 26.0 Å². The highest BCUT2D eigenvalue weighted by molar-refractivity contribution is 5.96. The smallest absolute Gasteiger partial charge is 0.272 e. The molecular weight excluding hydrogens is 282 g/mol. The van der Waals surface area contributed by atoms with Crippen LogP contribution in [0, 0.1) is 6.92 Å². The summed E-state index contributed by atoms with van der Waals surface area (Å²) >= 11 is 0. The summed E-state index contributed by atoms with van der Waals surface area (Å²) in [6.07, 6.45) is 2.69. The van der Waals surface area contributed by atoms with Gasteiger partial charge in [0.05, 0.1) is 12.3 Å². The van der Waals surface area contributed by atoms with Gasteiger partial charge in [-0.25, -0.2) is 4.98 Å². The van der Waals surface area contributed by atoms with Crippen LogP contribution in [0.3, 0.4) is 0 Å². The average Bonchev–Trinajstić information content (AvgIpc) is 2.85. The molecule has 0 radical (unpaired) electrons. The number of nitrogens with zero attached hydrogens (tertiary/aromatic N) is 3. The lowest BCUT2D eigenvalue weighted by Crippen LogP contribution is -2.39. The average molecular weight is 301 g/mol. The van der Waals surface area contributed by atoms with Crippen LogP contribution in [0.4, 0.5) is 0 Å². The molecular formula is C16H19N3O3. The number of Topliss-reactive ketones (excluding diaryl/α,β-unsaturated/α-hetero) is 1. The van der Waals surface area contributed by atoms with Crippen LogP contribution in [-0.4, -0.2) is 45.7 Å². The van der Waals surface area contributed by atoms with E-state index in [1.807, 2.05) is 32.2 Å². The maximum Gasteiger partial charge on any atom is 0.272 e. The normalized spacial score (nSPS) is 15.4. The van der Waals surface area contributed by atoms with E-state index in [1.165, 1.54) is 0 Å². The Labute approximate surface area is 128 Å². The third-order valence-corrected chi connectivity index (χ3v) is 3.90. The first-order valence-electron chi connectivity index (χ1n) is 7.53. The minimum absolute atomic E-state index is 0.0776. The number of piperidine rings is 1. The molecule has 3 heterocycles. The first kappa shape index (κ1) is 14.6. The summed E-state index contributed by atoms with van der Waals surface area (Å²) in [5.74, 6) is 0.810. The molecule has 6 nitrogen and oxygen atoms in total. The number of aryl methyl sites for hydroxylation is 1. The fraction of sp³-hybridized carbons (Fsp3) is 0.438. The van der Waals surface area contributed by atoms with Gasteiger partial charge in [-0.3, -0.25) is 14.0 Å². The van der Waals surface area contributed by atoms with Crippen molar-refractivity contribution < 1.29 is 14.3 Å². The molecule has 22 heavy (non-hydrogen) atoms. The largest absolute Gasteiger partial charge is 0.490 e. The van der Waals surface area contributed by atoms with Crippen LogP contribution in [0.5, 0.6) is 5.75 Å². The molecule has 0 spiro atoms. The van der Waals surface area contributed by atoms with E-state index in [0.29, 0.717) is 55.3 Å². The van der Waals surface area contributed by atoms with Gasteiger partial charge in [-0.1, -0.05) is 0 Å². The van der Waals surface area contributed by atoms with E-state index in [-0.39, 0.29) is 11.7 Å². The predicted molar refractivity (Wildman–Crippen MR) is 81.2 cm³/mol. The molecule has 2 aromatic heterocycles. The Morgan fingerprint density at radius 2 is 2.09 bits per heavy atom. The van der Waals surface area contributed by atoms with E-state index >= 15 is 0 Å². The number of pyridine rings is 1. The molecule has 1 saturated heterocycles. The number of imidazole rings is 1. The molecule has 1 aliphatic rings. The van der Waals surface area contributed by atoms with Crippen molar-refractivity contribution in [1.82, 2.24) is 14.3 Å². The van der Waals surface area contributed by atoms with E-state index < -0.39 is 0 Å². The number of rotatable bonds is 3. The van der Waals surface area contributed by atoms with Gasteiger partial charge in [-0.15, -0.1) is 0 Å². The molecule has 0 bridgehead atoms. The molecule has 1 amide bonds. The van der Waals surface area contributed by atoms with Crippen molar-refractivity contribution in [3.05, 3.63) is 29.7 Å². The second-order valence-corrected chi connectivity index (χ2v) is 5.38. The molecule has 0 unspecified atom stereocenters. The molecule has 1 aliphatic heterocycles. The van der Waals surface area contributed by atoms with Gasteiger partial charge in [0.25, 0.3) is 5.91 Å². The monoisotopic (exact) mass is 301 g/mol. The van der Waals surface area contributed by atoms with Crippen LogP contribution in [0.2, 0.25) is 0 Å². The summed E-state index contributed by atoms with van der Waals surface area (Å²) in [5, 5.41) is 0. The SMILES string of the molecule is CCOc1cccn2c(C(=O)N3CCC(=O)CC3)c(C)nc12. The van der Waals surface area contributed by atoms with Gasteiger partial charge in [0.1, 0.15) is 11.5 Å². The van der Waals surface area contributed by atoms with E-state index in [9.17, 15) is 9.59 Å². The number of hydrogen-bond acceptors (Lipinski definition) is 4. The van der Waals surface area contributed by atoms with Crippen molar-refractivity contribution in [1.29, 1.82) is 0 Å². The number of carbonyl (C=O) groups is 2. The minimum atomic E-state index is -0.0776. The Hall–Kier alpha value is -2.37. The second-order valence-electron chi connectivity index (χ2n) is 5.38. The van der Waals surface area contributed by atoms with E-state index in [1.54, 1.807) is 9.30 Å². The maximum absolute atomic E-state index is 12.8. The van der Waals surface area contributed by atoms with Gasteiger partial charge in [-0.2, -0.15) is 0 Å². The van der Waals surface area contributed by atoms with E-state index in [0.717, 1.165) is 0 Å². The van der Waals surface area contributed by atoms with Crippen molar-refractivity contribution in [3.63, 3.8) is 0 Å². The summed E-state index contributed by atoms with van der Waals surface area (Å²) in [4.78, 5) is 30.3. The van der Waals surface area contributed by atoms with E-state index in [2.05, 4.69) is 4.98 Å². The number of amides is 1. The van der Waals surface area contributed by atoms with Gasteiger partial charge in [0.15, 0.2) is 11.4 Å². The Morgan fingerprint density at radius 1 is 1.36 bits per heavy atom. The van der Waals surface area contributed by atoms with Crippen molar-refractivity contribution in [3.8, 4) is 5.75 Å². The Morgan fingerprint density at radius 3 is 2.77 bits per heavy atom. The Bertz CT molecular complexity index is 726. The highest BCUT2D eigenvalue weighted by Gasteiger charge is 2.26. The Balaban J connectivity index is 2.00. The molecule has 0 N–H and O–H groups in total. The fourth-order valence-electron chi connectivity index (χ4n) is 2.79. The number of fused-ring (bicyclic) bond motifs is 1. The van der Waals surface area contributed by atoms with Gasteiger partial charge >= 0.3 is 0 Å². The molecule has 6 heteroatoms. The number of carbonyl (C=O) groups excluding carboxylic acids is 2. The highest BCUT2D eigenvalue weighted by Crippen LogP contribution is 2.23. The number of aromatic nitrogens is 2. The van der Waals surface area contributed by atoms with Gasteiger partial charge < -0.3 is 9.64 Å². The van der Waals surface area contributed by atoms with Crippen LogP contribution >= 0.6 is 0 Å². The molecule has 2 aromatic rings. The molecule has 0 atom stereocenters. The standard InChI is InChI=1S/C16H19N3O3/c1-3-22-13-5-4-8-19-14(11(2)17-15(13)19)16(21)18-9-6-12(20)7-10-18/h4-5,8H,3,6-7,9-10H2,1-2H3. The summed E-state index contributed by atoms with van der Waals surface area (Å²) < 4.78 is 7.35. The molecule has 1 fully saturated rings. The van der Waals surface area contributed by atoms with Crippen LogP contribution in [0.15, 0.2) is 18.3 Å². The number of likely N-dealkylation sites (tertiary alicyclic amines) is 1. The lowest BCUT2D eigenvalue weighted by atomic mass is 10.1. The molecule has 0 saturated carbocycles. The van der Waals surface area contributed by atoms with Crippen molar-refractivity contribution in [2.75, 3.05) is 19.7 Å². The van der Waals surface area contributed by atoms with Crippen molar-refractivity contribution in [2.45, 2.75) is 26.7 Å². The predicted octanol–water partition coefficient (Wildman–Crippen LogP) is 1.85. The zero-order chi connectivity index (χ0) is 15.7. The Kier molecular flexibility index (Phi) is 3.83. The third kappa shape index (κ3) is 2.45. The number of ether oxygens (including phenoxy) is 1. The zero-order valence-electron chi connectivity index (χ0n) is 12.8. The first-order chi connectivity index (χ1) is 10.6. The third-order valence-electron chi connectivity index (χ3n) is 3.90. The maximum atomic E-state index is 12.8. The van der Waals surface area contributed by atoms with Crippen molar-refractivity contribution in [2.24, 2.45) is 0 Å². The lowest BCUT2D eigenvalue weighted by Gasteiger charge is -2.26. The quantitative estimate of drug-likeness (QED) is 0.868. The summed E-state index contributed by atoms with van der Waals surface area (Å²) in [5.41, 5.74) is 1.87. The topological polar surface area (TPSA) is 63.9 Å². The minimum Gasteiger partial charge on any atom is -0.490 e. The molecule has 3 rings (SSSR count).